The molecular weight excluding hydrogens is 376 g/mol. The van der Waals surface area contributed by atoms with E-state index in [9.17, 15) is 4.79 Å². The number of hydrogen-bond acceptors (Lipinski definition) is 4. The van der Waals surface area contributed by atoms with Crippen molar-refractivity contribution in [2.75, 3.05) is 0 Å². The lowest BCUT2D eigenvalue weighted by Crippen LogP contribution is -2.05. The SMILES string of the molecule is O=c1oc2ccc(Br)cc2cc1CSc1nc2ccccc2[nH]1. The Morgan fingerprint density at radius 1 is 1.17 bits per heavy atom. The first kappa shape index (κ1) is 14.5. The first-order valence-corrected chi connectivity index (χ1v) is 8.77. The molecular formula is C17H11BrN2O2S. The molecule has 4 aromatic rings. The van der Waals surface area contributed by atoms with Crippen LogP contribution in [0.2, 0.25) is 0 Å². The van der Waals surface area contributed by atoms with Gasteiger partial charge in [-0.25, -0.2) is 9.78 Å². The Labute approximate surface area is 144 Å². The average Bonchev–Trinajstić information content (AvgIpc) is 2.96. The van der Waals surface area contributed by atoms with Gasteiger partial charge in [0.1, 0.15) is 5.58 Å². The summed E-state index contributed by atoms with van der Waals surface area (Å²) in [6.07, 6.45) is 0. The lowest BCUT2D eigenvalue weighted by atomic mass is 10.2. The van der Waals surface area contributed by atoms with Gasteiger partial charge in [0.05, 0.1) is 11.0 Å². The Morgan fingerprint density at radius 3 is 2.91 bits per heavy atom. The van der Waals surface area contributed by atoms with Crippen LogP contribution in [0.4, 0.5) is 0 Å². The average molecular weight is 387 g/mol. The van der Waals surface area contributed by atoms with Crippen molar-refractivity contribution < 1.29 is 4.42 Å². The normalized spacial score (nSPS) is 11.3. The number of imidazole rings is 1. The van der Waals surface area contributed by atoms with Crippen molar-refractivity contribution >= 4 is 49.7 Å². The van der Waals surface area contributed by atoms with Crippen molar-refractivity contribution in [3.63, 3.8) is 0 Å². The Morgan fingerprint density at radius 2 is 2.04 bits per heavy atom. The topological polar surface area (TPSA) is 58.9 Å². The maximum Gasteiger partial charge on any atom is 0.340 e. The molecule has 2 heterocycles. The highest BCUT2D eigenvalue weighted by atomic mass is 79.9. The molecule has 6 heteroatoms. The van der Waals surface area contributed by atoms with Gasteiger partial charge in [-0.2, -0.15) is 0 Å². The highest BCUT2D eigenvalue weighted by Gasteiger charge is 2.08. The Hall–Kier alpha value is -2.05. The minimum atomic E-state index is -0.302. The van der Waals surface area contributed by atoms with E-state index in [4.69, 9.17) is 4.42 Å². The maximum absolute atomic E-state index is 12.1. The molecule has 0 aliphatic carbocycles. The number of H-pyrrole nitrogens is 1. The number of thioether (sulfide) groups is 1. The molecule has 0 aliphatic rings. The molecule has 0 saturated carbocycles. The number of nitrogens with zero attached hydrogens (tertiary/aromatic N) is 1. The van der Waals surface area contributed by atoms with Crippen molar-refractivity contribution in [2.24, 2.45) is 0 Å². The minimum absolute atomic E-state index is 0.302. The van der Waals surface area contributed by atoms with E-state index < -0.39 is 0 Å². The van der Waals surface area contributed by atoms with Crippen LogP contribution < -0.4 is 5.63 Å². The van der Waals surface area contributed by atoms with Gasteiger partial charge in [0.25, 0.3) is 0 Å². The van der Waals surface area contributed by atoms with Crippen molar-refractivity contribution in [1.29, 1.82) is 0 Å². The van der Waals surface area contributed by atoms with Crippen molar-refractivity contribution in [1.82, 2.24) is 9.97 Å². The van der Waals surface area contributed by atoms with Gasteiger partial charge in [0.15, 0.2) is 5.16 Å². The van der Waals surface area contributed by atoms with E-state index in [-0.39, 0.29) is 5.63 Å². The van der Waals surface area contributed by atoms with Gasteiger partial charge in [0, 0.05) is 21.2 Å². The van der Waals surface area contributed by atoms with Gasteiger partial charge in [-0.05, 0) is 36.4 Å². The smallest absolute Gasteiger partial charge is 0.340 e. The zero-order valence-corrected chi connectivity index (χ0v) is 14.3. The van der Waals surface area contributed by atoms with Crippen LogP contribution in [0.5, 0.6) is 0 Å². The van der Waals surface area contributed by atoms with E-state index in [1.165, 1.54) is 11.8 Å². The fourth-order valence-corrected chi connectivity index (χ4v) is 3.60. The summed E-state index contributed by atoms with van der Waals surface area (Å²) in [4.78, 5) is 19.8. The van der Waals surface area contributed by atoms with Crippen LogP contribution in [0.1, 0.15) is 5.56 Å². The molecule has 0 saturated heterocycles. The van der Waals surface area contributed by atoms with Crippen molar-refractivity contribution in [3.05, 3.63) is 69.0 Å². The van der Waals surface area contributed by atoms with E-state index in [1.54, 1.807) is 6.07 Å². The molecule has 23 heavy (non-hydrogen) atoms. The monoisotopic (exact) mass is 386 g/mol. The zero-order valence-electron chi connectivity index (χ0n) is 11.9. The van der Waals surface area contributed by atoms with Crippen LogP contribution in [-0.4, -0.2) is 9.97 Å². The number of rotatable bonds is 3. The zero-order chi connectivity index (χ0) is 15.8. The molecule has 4 rings (SSSR count). The fraction of sp³-hybridized carbons (Fsp3) is 0.0588. The highest BCUT2D eigenvalue weighted by Crippen LogP contribution is 2.24. The molecule has 0 fully saturated rings. The number of halogens is 1. The van der Waals surface area contributed by atoms with Crippen molar-refractivity contribution in [3.8, 4) is 0 Å². The molecule has 114 valence electrons. The Kier molecular flexibility index (Phi) is 3.71. The summed E-state index contributed by atoms with van der Waals surface area (Å²) in [6, 6.07) is 15.3. The molecule has 0 radical (unpaired) electrons. The largest absolute Gasteiger partial charge is 0.423 e. The number of para-hydroxylation sites is 2. The van der Waals surface area contributed by atoms with Crippen LogP contribution in [-0.2, 0) is 5.75 Å². The quantitative estimate of drug-likeness (QED) is 0.408. The number of aromatic nitrogens is 2. The molecule has 0 unspecified atom stereocenters. The Bertz CT molecular complexity index is 1040. The summed E-state index contributed by atoms with van der Waals surface area (Å²) >= 11 is 4.92. The van der Waals surface area contributed by atoms with E-state index in [1.807, 2.05) is 42.5 Å². The van der Waals surface area contributed by atoms with Gasteiger partial charge in [0.2, 0.25) is 0 Å². The summed E-state index contributed by atoms with van der Waals surface area (Å²) in [5.74, 6) is 0.505. The maximum atomic E-state index is 12.1. The van der Waals surface area contributed by atoms with E-state index >= 15 is 0 Å². The van der Waals surface area contributed by atoms with Gasteiger partial charge in [-0.15, -0.1) is 0 Å². The second-order valence-electron chi connectivity index (χ2n) is 5.09. The standard InChI is InChI=1S/C17H11BrN2O2S/c18-12-5-6-15-10(8-12)7-11(16(21)22-15)9-23-17-19-13-3-1-2-4-14(13)20-17/h1-8H,9H2,(H,19,20). The van der Waals surface area contributed by atoms with Gasteiger partial charge in [-0.3, -0.25) is 0 Å². The van der Waals surface area contributed by atoms with Crippen LogP contribution in [0.3, 0.4) is 0 Å². The van der Waals surface area contributed by atoms with E-state index in [0.717, 1.165) is 26.0 Å². The third-order valence-electron chi connectivity index (χ3n) is 3.50. The third kappa shape index (κ3) is 2.92. The molecule has 1 N–H and O–H groups in total. The number of benzene rings is 2. The summed E-state index contributed by atoms with van der Waals surface area (Å²) < 4.78 is 6.33. The summed E-state index contributed by atoms with van der Waals surface area (Å²) in [5.41, 5.74) is 2.83. The van der Waals surface area contributed by atoms with Crippen molar-refractivity contribution in [2.45, 2.75) is 10.9 Å². The molecule has 4 nitrogen and oxygen atoms in total. The van der Waals surface area contributed by atoms with E-state index in [2.05, 4.69) is 25.9 Å². The predicted octanol–water partition coefficient (Wildman–Crippen LogP) is 4.72. The summed E-state index contributed by atoms with van der Waals surface area (Å²) in [5, 5.41) is 1.69. The molecule has 0 bridgehead atoms. The van der Waals surface area contributed by atoms with Crippen LogP contribution >= 0.6 is 27.7 Å². The van der Waals surface area contributed by atoms with Crippen LogP contribution in [0.25, 0.3) is 22.0 Å². The lowest BCUT2D eigenvalue weighted by molar-refractivity contribution is 0.554. The Balaban J connectivity index is 1.64. The summed E-state index contributed by atoms with van der Waals surface area (Å²) in [7, 11) is 0. The molecule has 0 aliphatic heterocycles. The number of nitrogens with one attached hydrogen (secondary N) is 1. The number of aromatic amines is 1. The second-order valence-corrected chi connectivity index (χ2v) is 6.97. The van der Waals surface area contributed by atoms with Gasteiger partial charge >= 0.3 is 5.63 Å². The second kappa shape index (κ2) is 5.86. The minimum Gasteiger partial charge on any atom is -0.423 e. The van der Waals surface area contributed by atoms with Gasteiger partial charge < -0.3 is 9.40 Å². The van der Waals surface area contributed by atoms with E-state index in [0.29, 0.717) is 16.9 Å². The number of fused-ring (bicyclic) bond motifs is 2. The predicted molar refractivity (Wildman–Crippen MR) is 95.8 cm³/mol. The lowest BCUT2D eigenvalue weighted by Gasteiger charge is -2.01. The molecule has 0 atom stereocenters. The molecule has 2 aromatic carbocycles. The fourth-order valence-electron chi connectivity index (χ4n) is 2.38. The molecule has 2 aromatic heterocycles. The highest BCUT2D eigenvalue weighted by molar-refractivity contribution is 9.10. The molecule has 0 amide bonds. The first-order chi connectivity index (χ1) is 11.2. The third-order valence-corrected chi connectivity index (χ3v) is 4.91. The van der Waals surface area contributed by atoms with Gasteiger partial charge in [-0.1, -0.05) is 39.8 Å². The van der Waals surface area contributed by atoms with Crippen LogP contribution in [0.15, 0.2) is 67.4 Å². The molecule has 0 spiro atoms. The first-order valence-electron chi connectivity index (χ1n) is 6.99. The van der Waals surface area contributed by atoms with Crippen LogP contribution in [0, 0.1) is 0 Å². The number of hydrogen-bond donors (Lipinski definition) is 1. The summed E-state index contributed by atoms with van der Waals surface area (Å²) in [6.45, 7) is 0.